The van der Waals surface area contributed by atoms with Gasteiger partial charge in [0, 0.05) is 31.1 Å². The van der Waals surface area contributed by atoms with E-state index in [4.69, 9.17) is 4.74 Å². The van der Waals surface area contributed by atoms with Crippen LogP contribution in [0.4, 0.5) is 4.79 Å². The zero-order valence-corrected chi connectivity index (χ0v) is 12.3. The fraction of sp³-hybridized carbons (Fsp3) is 0.400. The minimum atomic E-state index is -0.532. The van der Waals surface area contributed by atoms with E-state index in [0.29, 0.717) is 18.7 Å². The van der Waals surface area contributed by atoms with Crippen molar-refractivity contribution < 1.29 is 14.3 Å². The Morgan fingerprint density at radius 2 is 2.27 bits per heavy atom. The van der Waals surface area contributed by atoms with Gasteiger partial charge in [-0.15, -0.1) is 0 Å². The standard InChI is InChI=1S/C15H18N4O3/c1-16-15(21)22-11-6-12-10(7-18-13(12)19-8-11)4-5-17-14(20)9-2-3-9/h6-9H,2-5H2,1H3,(H,16,21)(H,17,20)(H,18,19). The van der Waals surface area contributed by atoms with Gasteiger partial charge >= 0.3 is 6.09 Å². The highest BCUT2D eigenvalue weighted by Gasteiger charge is 2.29. The summed E-state index contributed by atoms with van der Waals surface area (Å²) in [5.41, 5.74) is 1.76. The highest BCUT2D eigenvalue weighted by atomic mass is 16.6. The first kappa shape index (κ1) is 14.4. The van der Waals surface area contributed by atoms with Crippen LogP contribution < -0.4 is 15.4 Å². The Balaban J connectivity index is 1.67. The molecule has 0 spiro atoms. The summed E-state index contributed by atoms with van der Waals surface area (Å²) < 4.78 is 5.08. The molecule has 7 nitrogen and oxygen atoms in total. The van der Waals surface area contributed by atoms with Gasteiger partial charge in [0.1, 0.15) is 5.65 Å². The van der Waals surface area contributed by atoms with Gasteiger partial charge in [-0.2, -0.15) is 0 Å². The van der Waals surface area contributed by atoms with Crippen LogP contribution in [0.15, 0.2) is 18.5 Å². The van der Waals surface area contributed by atoms with E-state index in [1.54, 1.807) is 6.07 Å². The van der Waals surface area contributed by atoms with Crippen LogP contribution in [-0.2, 0) is 11.2 Å². The summed E-state index contributed by atoms with van der Waals surface area (Å²) in [4.78, 5) is 30.1. The first-order valence-electron chi connectivity index (χ1n) is 7.30. The third-order valence-electron chi connectivity index (χ3n) is 3.65. The Kier molecular flexibility index (Phi) is 3.95. The van der Waals surface area contributed by atoms with Crippen molar-refractivity contribution in [1.29, 1.82) is 0 Å². The number of ether oxygens (including phenoxy) is 1. The number of rotatable bonds is 5. The fourth-order valence-electron chi connectivity index (χ4n) is 2.27. The first-order chi connectivity index (χ1) is 10.7. The van der Waals surface area contributed by atoms with E-state index in [2.05, 4.69) is 20.6 Å². The Morgan fingerprint density at radius 3 is 3.00 bits per heavy atom. The van der Waals surface area contributed by atoms with Crippen LogP contribution in [0.3, 0.4) is 0 Å². The number of carbonyl (C=O) groups is 2. The molecule has 2 aromatic rings. The number of aromatic nitrogens is 2. The van der Waals surface area contributed by atoms with Crippen LogP contribution in [0.1, 0.15) is 18.4 Å². The average Bonchev–Trinajstić information content (AvgIpc) is 3.30. The number of H-pyrrole nitrogens is 1. The molecule has 1 aliphatic rings. The van der Waals surface area contributed by atoms with Crippen molar-refractivity contribution in [2.45, 2.75) is 19.3 Å². The lowest BCUT2D eigenvalue weighted by atomic mass is 10.1. The highest BCUT2D eigenvalue weighted by Crippen LogP contribution is 2.28. The molecule has 3 rings (SSSR count). The Morgan fingerprint density at radius 1 is 1.45 bits per heavy atom. The quantitative estimate of drug-likeness (QED) is 0.776. The van der Waals surface area contributed by atoms with E-state index in [-0.39, 0.29) is 11.8 Å². The number of nitrogens with zero attached hydrogens (tertiary/aromatic N) is 1. The number of carbonyl (C=O) groups excluding carboxylic acids is 2. The van der Waals surface area contributed by atoms with Crippen molar-refractivity contribution in [2.24, 2.45) is 5.92 Å². The number of hydrogen-bond acceptors (Lipinski definition) is 4. The number of amides is 2. The van der Waals surface area contributed by atoms with E-state index >= 15 is 0 Å². The summed E-state index contributed by atoms with van der Waals surface area (Å²) in [6, 6.07) is 1.77. The zero-order chi connectivity index (χ0) is 15.5. The Hall–Kier alpha value is -2.57. The zero-order valence-electron chi connectivity index (χ0n) is 12.3. The molecule has 0 bridgehead atoms. The van der Waals surface area contributed by atoms with Crippen molar-refractivity contribution in [2.75, 3.05) is 13.6 Å². The number of pyridine rings is 1. The summed E-state index contributed by atoms with van der Waals surface area (Å²) in [7, 11) is 1.50. The van der Waals surface area contributed by atoms with Gasteiger partial charge in [0.15, 0.2) is 5.75 Å². The lowest BCUT2D eigenvalue weighted by Gasteiger charge is -2.05. The molecule has 0 saturated heterocycles. The predicted molar refractivity (Wildman–Crippen MR) is 80.6 cm³/mol. The second-order valence-electron chi connectivity index (χ2n) is 5.34. The van der Waals surface area contributed by atoms with E-state index in [9.17, 15) is 9.59 Å². The molecule has 2 aromatic heterocycles. The third-order valence-corrected chi connectivity index (χ3v) is 3.65. The lowest BCUT2D eigenvalue weighted by molar-refractivity contribution is -0.122. The molecule has 1 aliphatic carbocycles. The van der Waals surface area contributed by atoms with Gasteiger partial charge in [-0.25, -0.2) is 9.78 Å². The molecule has 0 atom stereocenters. The first-order valence-corrected chi connectivity index (χ1v) is 7.30. The van der Waals surface area contributed by atoms with Crippen molar-refractivity contribution >= 4 is 23.0 Å². The van der Waals surface area contributed by atoms with E-state index in [0.717, 1.165) is 29.4 Å². The molecule has 0 unspecified atom stereocenters. The minimum absolute atomic E-state index is 0.140. The molecular weight excluding hydrogens is 284 g/mol. The van der Waals surface area contributed by atoms with Crippen molar-refractivity contribution in [3.63, 3.8) is 0 Å². The molecule has 1 saturated carbocycles. The van der Waals surface area contributed by atoms with Crippen molar-refractivity contribution in [1.82, 2.24) is 20.6 Å². The number of fused-ring (bicyclic) bond motifs is 1. The molecule has 3 N–H and O–H groups in total. The molecule has 2 heterocycles. The van der Waals surface area contributed by atoms with Crippen LogP contribution >= 0.6 is 0 Å². The molecule has 116 valence electrons. The van der Waals surface area contributed by atoms with E-state index < -0.39 is 6.09 Å². The maximum absolute atomic E-state index is 11.6. The summed E-state index contributed by atoms with van der Waals surface area (Å²) in [5.74, 6) is 0.744. The number of aromatic amines is 1. The van der Waals surface area contributed by atoms with Gasteiger partial charge in [-0.1, -0.05) is 0 Å². The second-order valence-corrected chi connectivity index (χ2v) is 5.34. The van der Waals surface area contributed by atoms with Crippen LogP contribution in [0.5, 0.6) is 5.75 Å². The van der Waals surface area contributed by atoms with Crippen LogP contribution in [0, 0.1) is 5.92 Å². The van der Waals surface area contributed by atoms with E-state index in [1.807, 2.05) is 6.20 Å². The Labute approximate surface area is 127 Å². The monoisotopic (exact) mass is 302 g/mol. The molecule has 0 aliphatic heterocycles. The summed E-state index contributed by atoms with van der Waals surface area (Å²) in [5, 5.41) is 6.21. The molecule has 0 aromatic carbocycles. The van der Waals surface area contributed by atoms with Crippen molar-refractivity contribution in [3.05, 3.63) is 24.0 Å². The maximum atomic E-state index is 11.6. The lowest BCUT2D eigenvalue weighted by Crippen LogP contribution is -2.26. The van der Waals surface area contributed by atoms with Gasteiger partial charge in [-0.3, -0.25) is 4.79 Å². The topological polar surface area (TPSA) is 96.1 Å². The SMILES string of the molecule is CNC(=O)Oc1cnc2[nH]cc(CCNC(=O)C3CC3)c2c1. The van der Waals surface area contributed by atoms with Crippen molar-refractivity contribution in [3.8, 4) is 5.75 Å². The van der Waals surface area contributed by atoms with Gasteiger partial charge in [0.25, 0.3) is 0 Å². The molecule has 2 amide bonds. The summed E-state index contributed by atoms with van der Waals surface area (Å²) in [6.45, 7) is 0.586. The van der Waals surface area contributed by atoms with Gasteiger partial charge in [-0.05, 0) is 30.9 Å². The van der Waals surface area contributed by atoms with Crippen LogP contribution in [0.2, 0.25) is 0 Å². The molecular formula is C15H18N4O3. The third kappa shape index (κ3) is 3.19. The summed E-state index contributed by atoms with van der Waals surface area (Å²) in [6.07, 6.45) is 5.53. The average molecular weight is 302 g/mol. The largest absolute Gasteiger partial charge is 0.412 e. The maximum Gasteiger partial charge on any atom is 0.412 e. The minimum Gasteiger partial charge on any atom is -0.409 e. The number of hydrogen-bond donors (Lipinski definition) is 3. The van der Waals surface area contributed by atoms with Crippen LogP contribution in [0.25, 0.3) is 11.0 Å². The van der Waals surface area contributed by atoms with Crippen LogP contribution in [-0.4, -0.2) is 35.6 Å². The van der Waals surface area contributed by atoms with E-state index in [1.165, 1.54) is 13.2 Å². The normalized spacial score (nSPS) is 13.9. The summed E-state index contributed by atoms with van der Waals surface area (Å²) >= 11 is 0. The fourth-order valence-corrected chi connectivity index (χ4v) is 2.27. The molecule has 22 heavy (non-hydrogen) atoms. The van der Waals surface area contributed by atoms with Gasteiger partial charge < -0.3 is 20.4 Å². The molecule has 0 radical (unpaired) electrons. The van der Waals surface area contributed by atoms with Gasteiger partial charge in [0.05, 0.1) is 6.20 Å². The smallest absolute Gasteiger partial charge is 0.409 e. The van der Waals surface area contributed by atoms with Gasteiger partial charge in [0.2, 0.25) is 5.91 Å². The number of nitrogens with one attached hydrogen (secondary N) is 3. The second kappa shape index (κ2) is 6.05. The molecule has 1 fully saturated rings. The Bertz CT molecular complexity index is 706. The highest BCUT2D eigenvalue weighted by molar-refractivity contribution is 5.83. The predicted octanol–water partition coefficient (Wildman–Crippen LogP) is 1.35. The molecule has 7 heteroatoms.